The molecule has 0 bridgehead atoms. The lowest BCUT2D eigenvalue weighted by Crippen LogP contribution is -2.15. The zero-order valence-corrected chi connectivity index (χ0v) is 12.4. The smallest absolute Gasteiger partial charge is 0.258 e. The number of nitrogens with zero attached hydrogens (tertiary/aromatic N) is 2. The molecule has 110 valence electrons. The summed E-state index contributed by atoms with van der Waals surface area (Å²) in [5.74, 6) is -0.578. The van der Waals surface area contributed by atoms with Crippen molar-refractivity contribution in [1.29, 1.82) is 0 Å². The molecule has 1 aromatic carbocycles. The number of rotatable bonds is 3. The Kier molecular flexibility index (Phi) is 4.10. The first-order chi connectivity index (χ1) is 9.75. The van der Waals surface area contributed by atoms with Crippen LogP contribution in [0.4, 0.5) is 11.6 Å². The SMILES string of the molecule is CS(=O)(=O)c1cc(N)cc(C(=O)Nc2nccc(Cl)n2)c1. The van der Waals surface area contributed by atoms with Gasteiger partial charge in [0.25, 0.3) is 5.91 Å². The van der Waals surface area contributed by atoms with Crippen molar-refractivity contribution < 1.29 is 13.2 Å². The molecule has 9 heteroatoms. The molecule has 0 aliphatic rings. The highest BCUT2D eigenvalue weighted by atomic mass is 35.5. The molecule has 7 nitrogen and oxygen atoms in total. The molecule has 0 saturated carbocycles. The monoisotopic (exact) mass is 326 g/mol. The predicted molar refractivity (Wildman–Crippen MR) is 79.0 cm³/mol. The number of aromatic nitrogens is 2. The van der Waals surface area contributed by atoms with Gasteiger partial charge in [0.1, 0.15) is 5.15 Å². The van der Waals surface area contributed by atoms with E-state index in [4.69, 9.17) is 17.3 Å². The van der Waals surface area contributed by atoms with Crippen LogP contribution in [-0.2, 0) is 9.84 Å². The normalized spacial score (nSPS) is 11.1. The average Bonchev–Trinajstić information content (AvgIpc) is 2.37. The van der Waals surface area contributed by atoms with Crippen LogP contribution < -0.4 is 11.1 Å². The lowest BCUT2D eigenvalue weighted by Gasteiger charge is -2.07. The van der Waals surface area contributed by atoms with Crippen LogP contribution >= 0.6 is 11.6 Å². The Labute approximate surface area is 126 Å². The zero-order chi connectivity index (χ0) is 15.6. The molecule has 3 N–H and O–H groups in total. The summed E-state index contributed by atoms with van der Waals surface area (Å²) < 4.78 is 23.1. The molecule has 0 radical (unpaired) electrons. The summed E-state index contributed by atoms with van der Waals surface area (Å²) in [6.45, 7) is 0. The largest absolute Gasteiger partial charge is 0.399 e. The number of nitrogens with one attached hydrogen (secondary N) is 1. The highest BCUT2D eigenvalue weighted by molar-refractivity contribution is 7.90. The molecule has 1 aromatic heterocycles. The molecule has 1 amide bonds. The fraction of sp³-hybridized carbons (Fsp3) is 0.0833. The molecule has 0 unspecified atom stereocenters. The third-order valence-corrected chi connectivity index (χ3v) is 3.77. The number of carbonyl (C=O) groups is 1. The predicted octanol–water partition coefficient (Wildman–Crippen LogP) is 1.37. The van der Waals surface area contributed by atoms with E-state index >= 15 is 0 Å². The quantitative estimate of drug-likeness (QED) is 0.650. The Hall–Kier alpha value is -2.19. The number of hydrogen-bond donors (Lipinski definition) is 2. The van der Waals surface area contributed by atoms with E-state index in [1.165, 1.54) is 30.5 Å². The van der Waals surface area contributed by atoms with Gasteiger partial charge >= 0.3 is 0 Å². The number of benzene rings is 1. The Morgan fingerprint density at radius 2 is 2.05 bits per heavy atom. The van der Waals surface area contributed by atoms with Crippen LogP contribution in [-0.4, -0.2) is 30.5 Å². The number of amides is 1. The number of nitrogens with two attached hydrogens (primary N) is 1. The summed E-state index contributed by atoms with van der Waals surface area (Å²) in [7, 11) is -3.47. The van der Waals surface area contributed by atoms with E-state index in [1.54, 1.807) is 0 Å². The minimum absolute atomic E-state index is 0.0100. The van der Waals surface area contributed by atoms with Gasteiger partial charge in [-0.25, -0.2) is 18.4 Å². The number of sulfone groups is 1. The number of hydrogen-bond acceptors (Lipinski definition) is 6. The van der Waals surface area contributed by atoms with Crippen molar-refractivity contribution in [2.75, 3.05) is 17.3 Å². The summed E-state index contributed by atoms with van der Waals surface area (Å²) in [5.41, 5.74) is 5.86. The van der Waals surface area contributed by atoms with Crippen LogP contribution in [0.1, 0.15) is 10.4 Å². The van der Waals surface area contributed by atoms with E-state index in [1.807, 2.05) is 0 Å². The Bertz CT molecular complexity index is 808. The highest BCUT2D eigenvalue weighted by Gasteiger charge is 2.14. The fourth-order valence-corrected chi connectivity index (χ4v) is 2.37. The number of nitrogen functional groups attached to an aromatic ring is 1. The molecule has 21 heavy (non-hydrogen) atoms. The second-order valence-electron chi connectivity index (χ2n) is 4.22. The second kappa shape index (κ2) is 5.66. The van der Waals surface area contributed by atoms with Crippen LogP contribution in [0.2, 0.25) is 5.15 Å². The van der Waals surface area contributed by atoms with E-state index in [9.17, 15) is 13.2 Å². The van der Waals surface area contributed by atoms with Gasteiger partial charge < -0.3 is 5.73 Å². The Morgan fingerprint density at radius 3 is 2.67 bits per heavy atom. The van der Waals surface area contributed by atoms with Gasteiger partial charge in [-0.3, -0.25) is 10.1 Å². The second-order valence-corrected chi connectivity index (χ2v) is 6.62. The number of carbonyl (C=O) groups excluding carboxylic acids is 1. The summed E-state index contributed by atoms with van der Waals surface area (Å²) in [4.78, 5) is 19.7. The molecule has 0 fully saturated rings. The van der Waals surface area contributed by atoms with Crippen molar-refractivity contribution in [3.8, 4) is 0 Å². The molecule has 2 rings (SSSR count). The third-order valence-electron chi connectivity index (χ3n) is 2.47. The van der Waals surface area contributed by atoms with E-state index in [2.05, 4.69) is 15.3 Å². The van der Waals surface area contributed by atoms with E-state index in [0.29, 0.717) is 0 Å². The van der Waals surface area contributed by atoms with Crippen molar-refractivity contribution in [3.63, 3.8) is 0 Å². The molecule has 2 aromatic rings. The fourth-order valence-electron chi connectivity index (χ4n) is 1.54. The van der Waals surface area contributed by atoms with Crippen molar-refractivity contribution in [2.24, 2.45) is 0 Å². The van der Waals surface area contributed by atoms with Gasteiger partial charge in [-0.05, 0) is 24.3 Å². The van der Waals surface area contributed by atoms with Crippen LogP contribution in [0.15, 0.2) is 35.4 Å². The van der Waals surface area contributed by atoms with Crippen molar-refractivity contribution >= 4 is 39.0 Å². The van der Waals surface area contributed by atoms with Gasteiger partial charge in [0.15, 0.2) is 9.84 Å². The molecular weight excluding hydrogens is 316 g/mol. The van der Waals surface area contributed by atoms with Crippen LogP contribution in [0.5, 0.6) is 0 Å². The van der Waals surface area contributed by atoms with Gasteiger partial charge in [-0.15, -0.1) is 0 Å². The van der Waals surface area contributed by atoms with Crippen LogP contribution in [0.25, 0.3) is 0 Å². The maximum absolute atomic E-state index is 12.1. The maximum Gasteiger partial charge on any atom is 0.258 e. The first-order valence-electron chi connectivity index (χ1n) is 5.66. The van der Waals surface area contributed by atoms with Gasteiger partial charge in [0, 0.05) is 23.7 Å². The third kappa shape index (κ3) is 3.89. The summed E-state index contributed by atoms with van der Waals surface area (Å²) >= 11 is 5.68. The molecule has 0 spiro atoms. The van der Waals surface area contributed by atoms with Crippen LogP contribution in [0, 0.1) is 0 Å². The molecule has 0 saturated heterocycles. The highest BCUT2D eigenvalue weighted by Crippen LogP contribution is 2.17. The first kappa shape index (κ1) is 15.2. The minimum Gasteiger partial charge on any atom is -0.399 e. The zero-order valence-electron chi connectivity index (χ0n) is 10.9. The summed E-state index contributed by atoms with van der Waals surface area (Å²) in [6.07, 6.45) is 2.41. The molecule has 0 aliphatic carbocycles. The van der Waals surface area contributed by atoms with Gasteiger partial charge in [-0.1, -0.05) is 11.6 Å². The topological polar surface area (TPSA) is 115 Å². The molecule has 1 heterocycles. The molecule has 0 aliphatic heterocycles. The van der Waals surface area contributed by atoms with Gasteiger partial charge in [0.2, 0.25) is 5.95 Å². The number of halogens is 1. The number of anilines is 2. The van der Waals surface area contributed by atoms with E-state index in [-0.39, 0.29) is 27.2 Å². The molecule has 0 atom stereocenters. The van der Waals surface area contributed by atoms with Gasteiger partial charge in [-0.2, -0.15) is 0 Å². The Morgan fingerprint density at radius 1 is 1.33 bits per heavy atom. The average molecular weight is 327 g/mol. The summed E-state index contributed by atoms with van der Waals surface area (Å²) in [6, 6.07) is 5.32. The maximum atomic E-state index is 12.1. The van der Waals surface area contributed by atoms with Gasteiger partial charge in [0.05, 0.1) is 4.90 Å². The minimum atomic E-state index is -3.47. The van der Waals surface area contributed by atoms with E-state index in [0.717, 1.165) is 6.26 Å². The van der Waals surface area contributed by atoms with Crippen molar-refractivity contribution in [3.05, 3.63) is 41.2 Å². The lowest BCUT2D eigenvalue weighted by molar-refractivity contribution is 0.102. The van der Waals surface area contributed by atoms with Crippen molar-refractivity contribution in [2.45, 2.75) is 4.90 Å². The standard InChI is InChI=1S/C12H11ClN4O3S/c1-21(19,20)9-5-7(4-8(14)6-9)11(18)17-12-15-3-2-10(13)16-12/h2-6H,14H2,1H3,(H,15,16,17,18). The molecular formula is C12H11ClN4O3S. The lowest BCUT2D eigenvalue weighted by atomic mass is 10.2. The first-order valence-corrected chi connectivity index (χ1v) is 7.93. The van der Waals surface area contributed by atoms with Crippen molar-refractivity contribution in [1.82, 2.24) is 9.97 Å². The Balaban J connectivity index is 2.33. The summed E-state index contributed by atoms with van der Waals surface area (Å²) in [5, 5.41) is 2.58. The van der Waals surface area contributed by atoms with Crippen LogP contribution in [0.3, 0.4) is 0 Å². The van der Waals surface area contributed by atoms with E-state index < -0.39 is 15.7 Å².